The first-order chi connectivity index (χ1) is 11.1. The summed E-state index contributed by atoms with van der Waals surface area (Å²) < 4.78 is 30.9. The van der Waals surface area contributed by atoms with Crippen LogP contribution in [0.15, 0.2) is 48.5 Å². The van der Waals surface area contributed by atoms with E-state index >= 15 is 0 Å². The van der Waals surface area contributed by atoms with Gasteiger partial charge in [0.25, 0.3) is 0 Å². The molecule has 0 unspecified atom stereocenters. The van der Waals surface area contributed by atoms with E-state index in [-0.39, 0.29) is 24.5 Å². The van der Waals surface area contributed by atoms with Gasteiger partial charge in [-0.3, -0.25) is 0 Å². The normalized spacial score (nSPS) is 10.7. The molecule has 2 aromatic rings. The summed E-state index contributed by atoms with van der Waals surface area (Å²) in [6, 6.07) is 10.8. The highest BCUT2D eigenvalue weighted by Crippen LogP contribution is 2.21. The van der Waals surface area contributed by atoms with Crippen LogP contribution in [0.1, 0.15) is 11.1 Å². The molecule has 4 nitrogen and oxygen atoms in total. The van der Waals surface area contributed by atoms with E-state index < -0.39 is 17.7 Å². The third-order valence-electron chi connectivity index (χ3n) is 2.94. The number of benzene rings is 2. The summed E-state index contributed by atoms with van der Waals surface area (Å²) in [6.07, 6.45) is 2.25. The Labute approximate surface area is 132 Å². The van der Waals surface area contributed by atoms with E-state index in [9.17, 15) is 18.7 Å². The van der Waals surface area contributed by atoms with Gasteiger partial charge in [-0.15, -0.1) is 0 Å². The number of carbonyl (C=O) groups is 1. The summed E-state index contributed by atoms with van der Waals surface area (Å²) >= 11 is 0. The zero-order chi connectivity index (χ0) is 16.7. The summed E-state index contributed by atoms with van der Waals surface area (Å²) in [6.45, 7) is 0.270. The monoisotopic (exact) mass is 319 g/mol. The lowest BCUT2D eigenvalue weighted by Gasteiger charge is -2.05. The predicted molar refractivity (Wildman–Crippen MR) is 81.7 cm³/mol. The molecule has 2 aromatic carbocycles. The van der Waals surface area contributed by atoms with Crippen LogP contribution in [0.5, 0.6) is 5.75 Å². The summed E-state index contributed by atoms with van der Waals surface area (Å²) in [4.78, 5) is 11.5. The highest BCUT2D eigenvalue weighted by Gasteiger charge is 2.06. The van der Waals surface area contributed by atoms with E-state index in [2.05, 4.69) is 5.32 Å². The predicted octanol–water partition coefficient (Wildman–Crippen LogP) is 3.61. The molecule has 0 saturated heterocycles. The molecule has 120 valence electrons. The molecule has 0 heterocycles. The molecular weight excluding hydrogens is 304 g/mol. The second kappa shape index (κ2) is 7.93. The van der Waals surface area contributed by atoms with Gasteiger partial charge in [0, 0.05) is 18.2 Å². The summed E-state index contributed by atoms with van der Waals surface area (Å²) in [5.41, 5.74) is 0.980. The molecule has 1 amide bonds. The summed E-state index contributed by atoms with van der Waals surface area (Å²) in [7, 11) is 0. The van der Waals surface area contributed by atoms with Gasteiger partial charge in [-0.1, -0.05) is 42.5 Å². The van der Waals surface area contributed by atoms with E-state index in [1.54, 1.807) is 0 Å². The minimum atomic E-state index is -1.12. The number of phenols is 1. The Morgan fingerprint density at radius 1 is 1.17 bits per heavy atom. The van der Waals surface area contributed by atoms with Crippen LogP contribution < -0.4 is 5.32 Å². The van der Waals surface area contributed by atoms with E-state index in [1.807, 2.05) is 30.3 Å². The molecule has 0 atom stereocenters. The minimum absolute atomic E-state index is 0.114. The average Bonchev–Trinajstić information content (AvgIpc) is 2.55. The van der Waals surface area contributed by atoms with Crippen molar-refractivity contribution in [1.29, 1.82) is 0 Å². The Morgan fingerprint density at radius 3 is 2.61 bits per heavy atom. The fraction of sp³-hybridized carbons (Fsp3) is 0.118. The molecule has 0 bridgehead atoms. The second-order valence-electron chi connectivity index (χ2n) is 4.67. The zero-order valence-electron chi connectivity index (χ0n) is 12.1. The number of hydrogen-bond acceptors (Lipinski definition) is 3. The molecule has 0 spiro atoms. The zero-order valence-corrected chi connectivity index (χ0v) is 12.1. The van der Waals surface area contributed by atoms with Crippen LogP contribution in [0, 0.1) is 11.6 Å². The van der Waals surface area contributed by atoms with Gasteiger partial charge in [-0.05, 0) is 11.6 Å². The SMILES string of the molecule is O=C(NCC=Cc1cc(F)c(F)cc1O)OCc1ccccc1. The van der Waals surface area contributed by atoms with E-state index in [0.29, 0.717) is 6.07 Å². The largest absolute Gasteiger partial charge is 0.507 e. The van der Waals surface area contributed by atoms with Crippen molar-refractivity contribution >= 4 is 12.2 Å². The average molecular weight is 319 g/mol. The van der Waals surface area contributed by atoms with Gasteiger partial charge >= 0.3 is 6.09 Å². The molecule has 0 fully saturated rings. The minimum Gasteiger partial charge on any atom is -0.507 e. The van der Waals surface area contributed by atoms with Crippen molar-refractivity contribution < 1.29 is 23.4 Å². The van der Waals surface area contributed by atoms with Gasteiger partial charge < -0.3 is 15.2 Å². The lowest BCUT2D eigenvalue weighted by Crippen LogP contribution is -2.24. The topological polar surface area (TPSA) is 58.6 Å². The molecule has 0 aliphatic heterocycles. The number of rotatable bonds is 5. The number of alkyl carbamates (subject to hydrolysis) is 1. The number of hydrogen-bond donors (Lipinski definition) is 2. The number of ether oxygens (including phenoxy) is 1. The van der Waals surface area contributed by atoms with Gasteiger partial charge in [0.05, 0.1) is 0 Å². The smallest absolute Gasteiger partial charge is 0.407 e. The molecule has 2 rings (SSSR count). The van der Waals surface area contributed by atoms with Gasteiger partial charge in [0.15, 0.2) is 11.6 Å². The lowest BCUT2D eigenvalue weighted by atomic mass is 10.1. The van der Waals surface area contributed by atoms with Crippen LogP contribution in [-0.2, 0) is 11.3 Å². The number of phenolic OH excluding ortho intramolecular Hbond substituents is 1. The van der Waals surface area contributed by atoms with E-state index in [4.69, 9.17) is 4.74 Å². The van der Waals surface area contributed by atoms with Gasteiger partial charge in [0.2, 0.25) is 0 Å². The lowest BCUT2D eigenvalue weighted by molar-refractivity contribution is 0.141. The van der Waals surface area contributed by atoms with Gasteiger partial charge in [-0.25, -0.2) is 13.6 Å². The Kier molecular flexibility index (Phi) is 5.68. The maximum atomic E-state index is 13.0. The Balaban J connectivity index is 1.78. The first-order valence-corrected chi connectivity index (χ1v) is 6.85. The molecule has 0 aromatic heterocycles. The van der Waals surface area contributed by atoms with Crippen molar-refractivity contribution in [3.05, 3.63) is 71.3 Å². The summed E-state index contributed by atoms with van der Waals surface area (Å²) in [5.74, 6) is -2.56. The fourth-order valence-corrected chi connectivity index (χ4v) is 1.79. The van der Waals surface area contributed by atoms with Crippen LogP contribution in [0.3, 0.4) is 0 Å². The second-order valence-corrected chi connectivity index (χ2v) is 4.67. The molecule has 0 aliphatic carbocycles. The van der Waals surface area contributed by atoms with Crippen LogP contribution in [0.4, 0.5) is 13.6 Å². The molecule has 0 saturated carbocycles. The maximum absolute atomic E-state index is 13.0. The highest BCUT2D eigenvalue weighted by atomic mass is 19.2. The van der Waals surface area contributed by atoms with Crippen molar-refractivity contribution in [2.75, 3.05) is 6.54 Å². The molecule has 2 N–H and O–H groups in total. The number of aromatic hydroxyl groups is 1. The Morgan fingerprint density at radius 2 is 1.87 bits per heavy atom. The van der Waals surface area contributed by atoms with E-state index in [0.717, 1.165) is 11.6 Å². The van der Waals surface area contributed by atoms with Crippen molar-refractivity contribution in [3.63, 3.8) is 0 Å². The molecule has 0 aliphatic rings. The Bertz CT molecular complexity index is 702. The van der Waals surface area contributed by atoms with Crippen molar-refractivity contribution in [2.45, 2.75) is 6.61 Å². The number of carbonyl (C=O) groups excluding carboxylic acids is 1. The number of nitrogens with one attached hydrogen (secondary N) is 1. The third-order valence-corrected chi connectivity index (χ3v) is 2.94. The van der Waals surface area contributed by atoms with Crippen molar-refractivity contribution in [3.8, 4) is 5.75 Å². The van der Waals surface area contributed by atoms with Crippen LogP contribution in [0.2, 0.25) is 0 Å². The molecule has 23 heavy (non-hydrogen) atoms. The fourth-order valence-electron chi connectivity index (χ4n) is 1.79. The van der Waals surface area contributed by atoms with E-state index in [1.165, 1.54) is 12.2 Å². The quantitative estimate of drug-likeness (QED) is 0.885. The van der Waals surface area contributed by atoms with Crippen molar-refractivity contribution in [1.82, 2.24) is 5.32 Å². The standard InChI is InChI=1S/C17H15F2NO3/c18-14-9-13(16(21)10-15(14)19)7-4-8-20-17(22)23-11-12-5-2-1-3-6-12/h1-7,9-10,21H,8,11H2,(H,20,22). The first-order valence-electron chi connectivity index (χ1n) is 6.85. The van der Waals surface area contributed by atoms with Gasteiger partial charge in [-0.2, -0.15) is 0 Å². The van der Waals surface area contributed by atoms with Crippen LogP contribution in [-0.4, -0.2) is 17.7 Å². The van der Waals surface area contributed by atoms with Gasteiger partial charge in [0.1, 0.15) is 12.4 Å². The molecule has 0 radical (unpaired) electrons. The number of halogens is 2. The molecule has 6 heteroatoms. The highest BCUT2D eigenvalue weighted by molar-refractivity contribution is 5.67. The maximum Gasteiger partial charge on any atom is 0.407 e. The molecular formula is C17H15F2NO3. The van der Waals surface area contributed by atoms with Crippen LogP contribution in [0.25, 0.3) is 6.08 Å². The van der Waals surface area contributed by atoms with Crippen LogP contribution >= 0.6 is 0 Å². The third kappa shape index (κ3) is 5.10. The Hall–Kier alpha value is -2.89. The summed E-state index contributed by atoms with van der Waals surface area (Å²) in [5, 5.41) is 11.9. The number of amides is 1. The first kappa shape index (κ1) is 16.5. The van der Waals surface area contributed by atoms with Crippen molar-refractivity contribution in [2.24, 2.45) is 0 Å².